The van der Waals surface area contributed by atoms with Gasteiger partial charge in [0.15, 0.2) is 5.82 Å². The third-order valence-corrected chi connectivity index (χ3v) is 5.55. The summed E-state index contributed by atoms with van der Waals surface area (Å²) in [6.45, 7) is 8.25. The third-order valence-electron chi connectivity index (χ3n) is 5.55. The maximum Gasteiger partial charge on any atom is 0.282 e. The summed E-state index contributed by atoms with van der Waals surface area (Å²) in [5.41, 5.74) is 10.6. The second-order valence-corrected chi connectivity index (χ2v) is 8.45. The number of nitrogen functional groups attached to an aromatic ring is 1. The summed E-state index contributed by atoms with van der Waals surface area (Å²) in [5.74, 6) is 1.53. The fourth-order valence-electron chi connectivity index (χ4n) is 3.68. The van der Waals surface area contributed by atoms with E-state index in [1.807, 2.05) is 62.4 Å². The van der Waals surface area contributed by atoms with Gasteiger partial charge in [0.25, 0.3) is 5.56 Å². The Morgan fingerprint density at radius 3 is 2.55 bits per heavy atom. The van der Waals surface area contributed by atoms with Gasteiger partial charge in [-0.05, 0) is 66.8 Å². The monoisotopic (exact) mass is 440 g/mol. The lowest BCUT2D eigenvalue weighted by Gasteiger charge is -2.16. The van der Waals surface area contributed by atoms with Crippen LogP contribution in [0, 0.1) is 6.92 Å². The predicted molar refractivity (Wildman–Crippen MR) is 134 cm³/mol. The number of rotatable bonds is 6. The third kappa shape index (κ3) is 4.80. The largest absolute Gasteiger partial charge is 0.485 e. The summed E-state index contributed by atoms with van der Waals surface area (Å²) >= 11 is 0. The van der Waals surface area contributed by atoms with Crippen LogP contribution in [0.5, 0.6) is 5.75 Å². The van der Waals surface area contributed by atoms with Crippen LogP contribution in [0.3, 0.4) is 0 Å². The van der Waals surface area contributed by atoms with E-state index < -0.39 is 0 Å². The molecule has 1 heterocycles. The fraction of sp³-hybridized carbons (Fsp3) is 0.222. The number of benzene rings is 3. The molecule has 0 unspecified atom stereocenters. The number of anilines is 1. The molecule has 168 valence electrons. The zero-order valence-electron chi connectivity index (χ0n) is 19.4. The van der Waals surface area contributed by atoms with Crippen molar-refractivity contribution < 1.29 is 4.74 Å². The summed E-state index contributed by atoms with van der Waals surface area (Å²) < 4.78 is 7.55. The van der Waals surface area contributed by atoms with Gasteiger partial charge in [-0.25, -0.2) is 4.98 Å². The van der Waals surface area contributed by atoms with Gasteiger partial charge in [0.05, 0.1) is 16.6 Å². The smallest absolute Gasteiger partial charge is 0.282 e. The molecule has 1 aromatic heterocycles. The van der Waals surface area contributed by atoms with Crippen molar-refractivity contribution in [1.82, 2.24) is 9.66 Å². The van der Waals surface area contributed by atoms with E-state index in [1.54, 1.807) is 6.07 Å². The molecule has 4 aromatic rings. The van der Waals surface area contributed by atoms with E-state index in [0.29, 0.717) is 34.0 Å². The minimum absolute atomic E-state index is 0.113. The van der Waals surface area contributed by atoms with Gasteiger partial charge in [0.2, 0.25) is 0 Å². The van der Waals surface area contributed by atoms with Gasteiger partial charge in [0.1, 0.15) is 12.4 Å². The van der Waals surface area contributed by atoms with Gasteiger partial charge in [-0.3, -0.25) is 4.79 Å². The molecule has 0 bridgehead atoms. The van der Waals surface area contributed by atoms with Gasteiger partial charge in [-0.1, -0.05) is 50.2 Å². The first kappa shape index (κ1) is 22.3. The number of ether oxygens (including phenoxy) is 1. The summed E-state index contributed by atoms with van der Waals surface area (Å²) in [4.78, 5) is 18.1. The highest BCUT2D eigenvalue weighted by Gasteiger charge is 2.14. The Bertz CT molecular complexity index is 1390. The molecule has 2 N–H and O–H groups in total. The highest BCUT2D eigenvalue weighted by molar-refractivity contribution is 5.98. The number of aryl methyl sites for hydroxylation is 1. The SMILES string of the molecule is C/C(=N\n1c(COc2cc(C)ccc2C(C)C)nc2ccccc2c1=O)c1ccc(N)cc1. The van der Waals surface area contributed by atoms with Crippen LogP contribution < -0.4 is 16.0 Å². The van der Waals surface area contributed by atoms with Crippen molar-refractivity contribution in [1.29, 1.82) is 0 Å². The van der Waals surface area contributed by atoms with Gasteiger partial charge in [0, 0.05) is 5.69 Å². The molecule has 0 saturated carbocycles. The second kappa shape index (κ2) is 9.28. The summed E-state index contributed by atoms with van der Waals surface area (Å²) in [5, 5.41) is 5.14. The molecular formula is C27H28N4O2. The quantitative estimate of drug-likeness (QED) is 0.327. The number of hydrogen-bond donors (Lipinski definition) is 1. The average molecular weight is 441 g/mol. The molecule has 33 heavy (non-hydrogen) atoms. The van der Waals surface area contributed by atoms with Crippen LogP contribution in [0.2, 0.25) is 0 Å². The Morgan fingerprint density at radius 2 is 1.82 bits per heavy atom. The molecule has 3 aromatic carbocycles. The number of para-hydroxylation sites is 1. The van der Waals surface area contributed by atoms with Crippen molar-refractivity contribution in [3.05, 3.63) is 99.6 Å². The Labute approximate surface area is 193 Å². The summed E-state index contributed by atoms with van der Waals surface area (Å²) in [7, 11) is 0. The molecule has 4 rings (SSSR count). The molecule has 0 aliphatic rings. The minimum Gasteiger partial charge on any atom is -0.485 e. The van der Waals surface area contributed by atoms with Crippen molar-refractivity contribution in [3.63, 3.8) is 0 Å². The lowest BCUT2D eigenvalue weighted by molar-refractivity contribution is 0.285. The molecule has 0 saturated heterocycles. The lowest BCUT2D eigenvalue weighted by atomic mass is 10.0. The van der Waals surface area contributed by atoms with Crippen LogP contribution in [0.15, 0.2) is 76.6 Å². The van der Waals surface area contributed by atoms with Crippen molar-refractivity contribution in [2.75, 3.05) is 5.73 Å². The molecule has 0 fully saturated rings. The van der Waals surface area contributed by atoms with E-state index in [1.165, 1.54) is 4.68 Å². The Kier molecular flexibility index (Phi) is 6.27. The molecule has 0 radical (unpaired) electrons. The number of hydrogen-bond acceptors (Lipinski definition) is 5. The number of fused-ring (bicyclic) bond motifs is 1. The maximum absolute atomic E-state index is 13.4. The zero-order valence-corrected chi connectivity index (χ0v) is 19.4. The molecule has 0 aliphatic carbocycles. The van der Waals surface area contributed by atoms with E-state index in [-0.39, 0.29) is 12.2 Å². The van der Waals surface area contributed by atoms with E-state index in [0.717, 1.165) is 22.4 Å². The van der Waals surface area contributed by atoms with Crippen molar-refractivity contribution in [3.8, 4) is 5.75 Å². The highest BCUT2D eigenvalue weighted by Crippen LogP contribution is 2.28. The van der Waals surface area contributed by atoms with Crippen LogP contribution in [0.4, 0.5) is 5.69 Å². The van der Waals surface area contributed by atoms with Gasteiger partial charge < -0.3 is 10.5 Å². The number of nitrogens with two attached hydrogens (primary N) is 1. The molecule has 6 heteroatoms. The van der Waals surface area contributed by atoms with E-state index in [9.17, 15) is 4.79 Å². The van der Waals surface area contributed by atoms with Gasteiger partial charge in [-0.15, -0.1) is 0 Å². The van der Waals surface area contributed by atoms with Crippen molar-refractivity contribution in [2.24, 2.45) is 5.10 Å². The Hall–Kier alpha value is -3.93. The first-order chi connectivity index (χ1) is 15.8. The van der Waals surface area contributed by atoms with Crippen LogP contribution >= 0.6 is 0 Å². The first-order valence-corrected chi connectivity index (χ1v) is 11.0. The molecular weight excluding hydrogens is 412 g/mol. The fourth-order valence-corrected chi connectivity index (χ4v) is 3.68. The number of aromatic nitrogens is 2. The standard InChI is InChI=1S/C27H28N4O2/c1-17(2)22-14-9-18(3)15-25(22)33-16-26-29-24-8-6-5-7-23(24)27(32)31(26)30-19(4)20-10-12-21(28)13-11-20/h5-15,17H,16,28H2,1-4H3/b30-19+. The van der Waals surface area contributed by atoms with Gasteiger partial charge in [-0.2, -0.15) is 9.78 Å². The maximum atomic E-state index is 13.4. The molecule has 0 amide bonds. The molecule has 0 spiro atoms. The van der Waals surface area contributed by atoms with Crippen LogP contribution in [0.1, 0.15) is 49.2 Å². The average Bonchev–Trinajstić information content (AvgIpc) is 2.80. The first-order valence-electron chi connectivity index (χ1n) is 11.0. The molecule has 6 nitrogen and oxygen atoms in total. The van der Waals surface area contributed by atoms with E-state index in [2.05, 4.69) is 31.1 Å². The van der Waals surface area contributed by atoms with Crippen molar-refractivity contribution in [2.45, 2.75) is 40.2 Å². The van der Waals surface area contributed by atoms with Crippen LogP contribution in [0.25, 0.3) is 10.9 Å². The Morgan fingerprint density at radius 1 is 1.09 bits per heavy atom. The zero-order chi connectivity index (χ0) is 23.5. The van der Waals surface area contributed by atoms with E-state index in [4.69, 9.17) is 15.5 Å². The summed E-state index contributed by atoms with van der Waals surface area (Å²) in [6.07, 6.45) is 0. The van der Waals surface area contributed by atoms with Crippen LogP contribution in [-0.2, 0) is 6.61 Å². The highest BCUT2D eigenvalue weighted by atomic mass is 16.5. The lowest BCUT2D eigenvalue weighted by Crippen LogP contribution is -2.24. The molecule has 0 atom stereocenters. The minimum atomic E-state index is -0.234. The predicted octanol–water partition coefficient (Wildman–Crippen LogP) is 5.26. The van der Waals surface area contributed by atoms with E-state index >= 15 is 0 Å². The molecule has 0 aliphatic heterocycles. The van der Waals surface area contributed by atoms with Gasteiger partial charge >= 0.3 is 0 Å². The topological polar surface area (TPSA) is 82.5 Å². The summed E-state index contributed by atoms with van der Waals surface area (Å²) in [6, 6.07) is 20.8. The van der Waals surface area contributed by atoms with Crippen molar-refractivity contribution >= 4 is 22.3 Å². The van der Waals surface area contributed by atoms with Crippen LogP contribution in [-0.4, -0.2) is 15.4 Å². The second-order valence-electron chi connectivity index (χ2n) is 8.45. The number of nitrogens with zero attached hydrogens (tertiary/aromatic N) is 3. The normalized spacial score (nSPS) is 11.8. The Balaban J connectivity index is 1.79.